The quantitative estimate of drug-likeness (QED) is 0.807. The van der Waals surface area contributed by atoms with E-state index < -0.39 is 0 Å². The largest absolute Gasteiger partial charge is 0.345 e. The fraction of sp³-hybridized carbons (Fsp3) is 0.333. The van der Waals surface area contributed by atoms with Crippen molar-refractivity contribution >= 4 is 23.4 Å². The smallest absolute Gasteiger partial charge is 0.255 e. The third-order valence-electron chi connectivity index (χ3n) is 2.27. The van der Waals surface area contributed by atoms with Gasteiger partial charge < -0.3 is 9.80 Å². The molecule has 5 heteroatoms. The van der Waals surface area contributed by atoms with Crippen molar-refractivity contribution in [3.8, 4) is 0 Å². The third-order valence-corrected chi connectivity index (χ3v) is 2.59. The number of carbonyl (C=O) groups excluding carboxylic acids is 2. The van der Waals surface area contributed by atoms with E-state index in [1.165, 1.54) is 9.80 Å². The zero-order chi connectivity index (χ0) is 13.2. The monoisotopic (exact) mass is 254 g/mol. The van der Waals surface area contributed by atoms with Crippen LogP contribution in [-0.4, -0.2) is 49.8 Å². The van der Waals surface area contributed by atoms with Crippen LogP contribution in [0.15, 0.2) is 18.2 Å². The summed E-state index contributed by atoms with van der Waals surface area (Å²) in [6, 6.07) is 4.86. The summed E-state index contributed by atoms with van der Waals surface area (Å²) >= 11 is 6.00. The molecular weight excluding hydrogens is 240 g/mol. The molecule has 0 fully saturated rings. The number of hydrogen-bond acceptors (Lipinski definition) is 2. The summed E-state index contributed by atoms with van der Waals surface area (Å²) in [5, 5.41) is 0.288. The van der Waals surface area contributed by atoms with Crippen LogP contribution in [-0.2, 0) is 0 Å². The number of nitrogens with zero attached hydrogens (tertiary/aromatic N) is 2. The van der Waals surface area contributed by atoms with Crippen LogP contribution in [0.5, 0.6) is 0 Å². The van der Waals surface area contributed by atoms with Crippen LogP contribution in [0.4, 0.5) is 0 Å². The van der Waals surface area contributed by atoms with Crippen LogP contribution < -0.4 is 0 Å². The average Bonchev–Trinajstić information content (AvgIpc) is 2.26. The maximum absolute atomic E-state index is 12.0. The van der Waals surface area contributed by atoms with Gasteiger partial charge in [-0.1, -0.05) is 17.7 Å². The van der Waals surface area contributed by atoms with Crippen molar-refractivity contribution in [2.45, 2.75) is 0 Å². The van der Waals surface area contributed by atoms with Gasteiger partial charge in [-0.05, 0) is 12.1 Å². The molecule has 17 heavy (non-hydrogen) atoms. The van der Waals surface area contributed by atoms with Crippen LogP contribution in [0, 0.1) is 0 Å². The SMILES string of the molecule is CN(C)C(=O)c1cccc(Cl)c1C(=O)N(C)C. The molecule has 0 saturated heterocycles. The van der Waals surface area contributed by atoms with Crippen LogP contribution in [0.1, 0.15) is 20.7 Å². The van der Waals surface area contributed by atoms with Gasteiger partial charge in [-0.25, -0.2) is 0 Å². The maximum Gasteiger partial charge on any atom is 0.255 e. The standard InChI is InChI=1S/C12H15ClN2O2/c1-14(2)11(16)8-6-5-7-9(13)10(8)12(17)15(3)4/h5-7H,1-4H3. The van der Waals surface area contributed by atoms with E-state index in [0.29, 0.717) is 5.56 Å². The van der Waals surface area contributed by atoms with Crippen molar-refractivity contribution in [3.63, 3.8) is 0 Å². The van der Waals surface area contributed by atoms with Crippen molar-refractivity contribution < 1.29 is 9.59 Å². The predicted octanol–water partition coefficient (Wildman–Crippen LogP) is 1.74. The lowest BCUT2D eigenvalue weighted by Gasteiger charge is -2.17. The Kier molecular flexibility index (Phi) is 4.12. The van der Waals surface area contributed by atoms with Gasteiger partial charge in [0.25, 0.3) is 11.8 Å². The number of benzene rings is 1. The highest BCUT2D eigenvalue weighted by Crippen LogP contribution is 2.22. The number of amides is 2. The Balaban J connectivity index is 3.37. The van der Waals surface area contributed by atoms with Gasteiger partial charge in [-0.3, -0.25) is 9.59 Å². The Bertz CT molecular complexity index is 456. The first-order valence-electron chi connectivity index (χ1n) is 5.08. The average molecular weight is 255 g/mol. The lowest BCUT2D eigenvalue weighted by molar-refractivity contribution is 0.0790. The molecule has 2 amide bonds. The van der Waals surface area contributed by atoms with Crippen LogP contribution in [0.25, 0.3) is 0 Å². The van der Waals surface area contributed by atoms with Gasteiger partial charge in [0, 0.05) is 28.2 Å². The van der Waals surface area contributed by atoms with Crippen molar-refractivity contribution in [1.82, 2.24) is 9.80 Å². The maximum atomic E-state index is 12.0. The molecule has 4 nitrogen and oxygen atoms in total. The zero-order valence-electron chi connectivity index (χ0n) is 10.3. The number of rotatable bonds is 2. The highest BCUT2D eigenvalue weighted by atomic mass is 35.5. The normalized spacial score (nSPS) is 9.94. The summed E-state index contributed by atoms with van der Waals surface area (Å²) in [5.74, 6) is -0.515. The minimum atomic E-state index is -0.277. The Morgan fingerprint density at radius 1 is 1.00 bits per heavy atom. The summed E-state index contributed by atoms with van der Waals surface area (Å²) in [6.07, 6.45) is 0. The van der Waals surface area contributed by atoms with Crippen molar-refractivity contribution in [1.29, 1.82) is 0 Å². The van der Waals surface area contributed by atoms with E-state index >= 15 is 0 Å². The van der Waals surface area contributed by atoms with Crippen LogP contribution in [0.3, 0.4) is 0 Å². The first-order valence-corrected chi connectivity index (χ1v) is 5.46. The molecule has 0 aliphatic rings. The minimum Gasteiger partial charge on any atom is -0.345 e. The molecule has 0 spiro atoms. The fourth-order valence-corrected chi connectivity index (χ4v) is 1.64. The molecule has 0 atom stereocenters. The van der Waals surface area contributed by atoms with Gasteiger partial charge in [0.15, 0.2) is 0 Å². The number of hydrogen-bond donors (Lipinski definition) is 0. The molecule has 1 aromatic rings. The third kappa shape index (κ3) is 2.77. The first-order chi connectivity index (χ1) is 7.86. The summed E-state index contributed by atoms with van der Waals surface area (Å²) < 4.78 is 0. The molecule has 0 saturated carbocycles. The minimum absolute atomic E-state index is 0.238. The van der Waals surface area contributed by atoms with Crippen molar-refractivity contribution in [2.75, 3.05) is 28.2 Å². The van der Waals surface area contributed by atoms with E-state index in [9.17, 15) is 9.59 Å². The molecule has 0 heterocycles. The van der Waals surface area contributed by atoms with E-state index in [-0.39, 0.29) is 22.4 Å². The Morgan fingerprint density at radius 2 is 1.53 bits per heavy atom. The van der Waals surface area contributed by atoms with Crippen LogP contribution >= 0.6 is 11.6 Å². The molecule has 0 radical (unpaired) electrons. The van der Waals surface area contributed by atoms with Crippen molar-refractivity contribution in [2.24, 2.45) is 0 Å². The first kappa shape index (κ1) is 13.5. The second-order valence-electron chi connectivity index (χ2n) is 4.06. The van der Waals surface area contributed by atoms with E-state index in [1.807, 2.05) is 0 Å². The lowest BCUT2D eigenvalue weighted by Crippen LogP contribution is -2.28. The molecule has 0 bridgehead atoms. The molecule has 0 aliphatic heterocycles. The zero-order valence-corrected chi connectivity index (χ0v) is 11.1. The van der Waals surface area contributed by atoms with Crippen LogP contribution in [0.2, 0.25) is 5.02 Å². The Morgan fingerprint density at radius 3 is 2.00 bits per heavy atom. The highest BCUT2D eigenvalue weighted by molar-refractivity contribution is 6.34. The van der Waals surface area contributed by atoms with Crippen molar-refractivity contribution in [3.05, 3.63) is 34.3 Å². The topological polar surface area (TPSA) is 40.6 Å². The molecule has 1 rings (SSSR count). The van der Waals surface area contributed by atoms with Gasteiger partial charge in [0.05, 0.1) is 16.1 Å². The van der Waals surface area contributed by atoms with E-state index in [4.69, 9.17) is 11.6 Å². The van der Waals surface area contributed by atoms with Gasteiger partial charge in [-0.15, -0.1) is 0 Å². The fourth-order valence-electron chi connectivity index (χ4n) is 1.38. The predicted molar refractivity (Wildman–Crippen MR) is 67.5 cm³/mol. The molecule has 0 aromatic heterocycles. The molecule has 0 aliphatic carbocycles. The number of carbonyl (C=O) groups is 2. The Labute approximate surface area is 106 Å². The van der Waals surface area contributed by atoms with E-state index in [0.717, 1.165) is 0 Å². The Hall–Kier alpha value is -1.55. The lowest BCUT2D eigenvalue weighted by atomic mass is 10.1. The summed E-state index contributed by atoms with van der Waals surface area (Å²) in [4.78, 5) is 26.7. The summed E-state index contributed by atoms with van der Waals surface area (Å²) in [6.45, 7) is 0. The van der Waals surface area contributed by atoms with Gasteiger partial charge in [0.1, 0.15) is 0 Å². The van der Waals surface area contributed by atoms with E-state index in [2.05, 4.69) is 0 Å². The molecular formula is C12H15ClN2O2. The molecule has 92 valence electrons. The second-order valence-corrected chi connectivity index (χ2v) is 4.47. The molecule has 0 unspecified atom stereocenters. The van der Waals surface area contributed by atoms with Gasteiger partial charge >= 0.3 is 0 Å². The summed E-state index contributed by atoms with van der Waals surface area (Å²) in [5.41, 5.74) is 0.569. The highest BCUT2D eigenvalue weighted by Gasteiger charge is 2.22. The van der Waals surface area contributed by atoms with Gasteiger partial charge in [0.2, 0.25) is 0 Å². The molecule has 0 N–H and O–H groups in total. The molecule has 1 aromatic carbocycles. The second kappa shape index (κ2) is 5.19. The summed E-state index contributed by atoms with van der Waals surface area (Å²) in [7, 11) is 6.51. The number of halogens is 1. The van der Waals surface area contributed by atoms with E-state index in [1.54, 1.807) is 46.4 Å². The van der Waals surface area contributed by atoms with Gasteiger partial charge in [-0.2, -0.15) is 0 Å².